The van der Waals surface area contributed by atoms with Crippen LogP contribution in [0.15, 0.2) is 47.6 Å². The largest absolute Gasteiger partial charge is 0.273 e. The van der Waals surface area contributed by atoms with Gasteiger partial charge in [0.2, 0.25) is 5.91 Å². The van der Waals surface area contributed by atoms with Crippen LogP contribution in [0.3, 0.4) is 0 Å². The molecule has 0 heterocycles. The van der Waals surface area contributed by atoms with Crippen LogP contribution in [0.2, 0.25) is 5.02 Å². The molecule has 0 spiro atoms. The predicted molar refractivity (Wildman–Crippen MR) is 86.8 cm³/mol. The lowest BCUT2D eigenvalue weighted by molar-refractivity contribution is -0.120. The summed E-state index contributed by atoms with van der Waals surface area (Å²) in [6.45, 7) is 4.01. The van der Waals surface area contributed by atoms with Gasteiger partial charge in [-0.1, -0.05) is 47.5 Å². The molecule has 0 bridgehead atoms. The molecule has 4 heteroatoms. The van der Waals surface area contributed by atoms with Crippen molar-refractivity contribution < 1.29 is 4.79 Å². The van der Waals surface area contributed by atoms with Crippen LogP contribution in [0.4, 0.5) is 0 Å². The van der Waals surface area contributed by atoms with Crippen molar-refractivity contribution in [1.29, 1.82) is 0 Å². The summed E-state index contributed by atoms with van der Waals surface area (Å²) in [6.07, 6.45) is 1.90. The normalized spacial score (nSPS) is 10.8. The molecule has 0 radical (unpaired) electrons. The van der Waals surface area contributed by atoms with Crippen molar-refractivity contribution in [3.63, 3.8) is 0 Å². The van der Waals surface area contributed by atoms with E-state index < -0.39 is 0 Å². The van der Waals surface area contributed by atoms with Gasteiger partial charge < -0.3 is 0 Å². The van der Waals surface area contributed by atoms with Crippen molar-refractivity contribution in [1.82, 2.24) is 5.43 Å². The van der Waals surface area contributed by atoms with E-state index in [9.17, 15) is 4.79 Å². The number of carbonyl (C=O) groups is 1. The van der Waals surface area contributed by atoms with Crippen molar-refractivity contribution in [3.05, 3.63) is 69.7 Å². The molecular formula is C17H17ClN2O. The molecule has 21 heavy (non-hydrogen) atoms. The van der Waals surface area contributed by atoms with E-state index in [1.807, 2.05) is 44.2 Å². The SMILES string of the molecule is Cc1ccc(C)c(CC(=O)N/N=C\c2cccc(Cl)c2)c1. The number of nitrogens with one attached hydrogen (secondary N) is 1. The number of hydrogen-bond donors (Lipinski definition) is 1. The third-order valence-electron chi connectivity index (χ3n) is 3.11. The molecule has 0 aromatic heterocycles. The van der Waals surface area contributed by atoms with Gasteiger partial charge in [0.05, 0.1) is 12.6 Å². The number of hydrogen-bond acceptors (Lipinski definition) is 2. The van der Waals surface area contributed by atoms with E-state index >= 15 is 0 Å². The van der Waals surface area contributed by atoms with Crippen molar-refractivity contribution in [3.8, 4) is 0 Å². The summed E-state index contributed by atoms with van der Waals surface area (Å²) in [7, 11) is 0. The minimum Gasteiger partial charge on any atom is -0.273 e. The third-order valence-corrected chi connectivity index (χ3v) is 3.34. The van der Waals surface area contributed by atoms with Gasteiger partial charge >= 0.3 is 0 Å². The zero-order valence-electron chi connectivity index (χ0n) is 12.1. The van der Waals surface area contributed by atoms with Crippen LogP contribution < -0.4 is 5.43 Å². The van der Waals surface area contributed by atoms with Crippen LogP contribution >= 0.6 is 11.6 Å². The maximum Gasteiger partial charge on any atom is 0.244 e. The number of rotatable bonds is 4. The molecule has 1 amide bonds. The Kier molecular flexibility index (Phi) is 5.12. The molecule has 0 saturated heterocycles. The molecular weight excluding hydrogens is 284 g/mol. The Morgan fingerprint density at radius 2 is 2.05 bits per heavy atom. The average molecular weight is 301 g/mol. The number of aryl methyl sites for hydroxylation is 2. The van der Waals surface area contributed by atoms with E-state index in [0.29, 0.717) is 11.4 Å². The molecule has 0 atom stereocenters. The first-order valence-corrected chi connectivity index (χ1v) is 7.06. The monoisotopic (exact) mass is 300 g/mol. The fourth-order valence-corrected chi connectivity index (χ4v) is 2.17. The zero-order chi connectivity index (χ0) is 15.2. The summed E-state index contributed by atoms with van der Waals surface area (Å²) in [5.74, 6) is -0.137. The number of carbonyl (C=O) groups excluding carboxylic acids is 1. The standard InChI is InChI=1S/C17H17ClN2O/c1-12-6-7-13(2)15(8-12)10-17(21)20-19-11-14-4-3-5-16(18)9-14/h3-9,11H,10H2,1-2H3,(H,20,21)/b19-11-. The zero-order valence-corrected chi connectivity index (χ0v) is 12.8. The van der Waals surface area contributed by atoms with E-state index in [2.05, 4.69) is 10.5 Å². The Balaban J connectivity index is 1.94. The fraction of sp³-hybridized carbons (Fsp3) is 0.176. The topological polar surface area (TPSA) is 41.5 Å². The quantitative estimate of drug-likeness (QED) is 0.679. The minimum atomic E-state index is -0.137. The van der Waals surface area contributed by atoms with Gasteiger partial charge in [0, 0.05) is 5.02 Å². The number of amides is 1. The van der Waals surface area contributed by atoms with Crippen LogP contribution in [0, 0.1) is 13.8 Å². The second kappa shape index (κ2) is 7.04. The molecule has 0 fully saturated rings. The number of nitrogens with zero attached hydrogens (tertiary/aromatic N) is 1. The van der Waals surface area contributed by atoms with E-state index in [1.54, 1.807) is 18.3 Å². The minimum absolute atomic E-state index is 0.137. The number of halogens is 1. The molecule has 2 aromatic rings. The lowest BCUT2D eigenvalue weighted by Gasteiger charge is -2.06. The molecule has 0 unspecified atom stereocenters. The summed E-state index contributed by atoms with van der Waals surface area (Å²) in [6, 6.07) is 13.4. The molecule has 3 nitrogen and oxygen atoms in total. The Labute approximate surface area is 129 Å². The maximum absolute atomic E-state index is 11.9. The lowest BCUT2D eigenvalue weighted by Crippen LogP contribution is -2.20. The van der Waals surface area contributed by atoms with Gasteiger partial charge in [-0.2, -0.15) is 5.10 Å². The Morgan fingerprint density at radius 3 is 2.81 bits per heavy atom. The molecule has 108 valence electrons. The Hall–Kier alpha value is -2.13. The highest BCUT2D eigenvalue weighted by molar-refractivity contribution is 6.30. The van der Waals surface area contributed by atoms with Gasteiger partial charge in [-0.05, 0) is 42.7 Å². The van der Waals surface area contributed by atoms with E-state index in [4.69, 9.17) is 11.6 Å². The van der Waals surface area contributed by atoms with Gasteiger partial charge in [0.1, 0.15) is 0 Å². The van der Waals surface area contributed by atoms with Crippen LogP contribution in [-0.2, 0) is 11.2 Å². The molecule has 0 aliphatic heterocycles. The van der Waals surface area contributed by atoms with Crippen LogP contribution in [0.25, 0.3) is 0 Å². The summed E-state index contributed by atoms with van der Waals surface area (Å²) >= 11 is 5.88. The third kappa shape index (κ3) is 4.72. The summed E-state index contributed by atoms with van der Waals surface area (Å²) < 4.78 is 0. The van der Waals surface area contributed by atoms with E-state index in [0.717, 1.165) is 22.3 Å². The summed E-state index contributed by atoms with van der Waals surface area (Å²) in [4.78, 5) is 11.9. The average Bonchev–Trinajstić information content (AvgIpc) is 2.43. The first-order valence-electron chi connectivity index (χ1n) is 6.68. The van der Waals surface area contributed by atoms with Crippen molar-refractivity contribution in [2.24, 2.45) is 5.10 Å². The van der Waals surface area contributed by atoms with Crippen LogP contribution in [-0.4, -0.2) is 12.1 Å². The number of hydrazone groups is 1. The van der Waals surface area contributed by atoms with E-state index in [-0.39, 0.29) is 5.91 Å². The first-order chi connectivity index (χ1) is 10.0. The molecule has 2 aromatic carbocycles. The van der Waals surface area contributed by atoms with Crippen LogP contribution in [0.5, 0.6) is 0 Å². The number of benzene rings is 2. The molecule has 0 aliphatic carbocycles. The van der Waals surface area contributed by atoms with Gasteiger partial charge in [0.15, 0.2) is 0 Å². The summed E-state index contributed by atoms with van der Waals surface area (Å²) in [5.41, 5.74) is 6.64. The van der Waals surface area contributed by atoms with Crippen molar-refractivity contribution >= 4 is 23.7 Å². The second-order valence-electron chi connectivity index (χ2n) is 4.95. The van der Waals surface area contributed by atoms with Gasteiger partial charge in [-0.3, -0.25) is 4.79 Å². The van der Waals surface area contributed by atoms with Gasteiger partial charge in [-0.25, -0.2) is 5.43 Å². The van der Waals surface area contributed by atoms with Crippen LogP contribution in [0.1, 0.15) is 22.3 Å². The highest BCUT2D eigenvalue weighted by Gasteiger charge is 2.05. The maximum atomic E-state index is 11.9. The molecule has 1 N–H and O–H groups in total. The van der Waals surface area contributed by atoms with Gasteiger partial charge in [-0.15, -0.1) is 0 Å². The first kappa shape index (κ1) is 15.3. The highest BCUT2D eigenvalue weighted by Crippen LogP contribution is 2.11. The Bertz CT molecular complexity index is 680. The lowest BCUT2D eigenvalue weighted by atomic mass is 10.0. The molecule has 0 aliphatic rings. The van der Waals surface area contributed by atoms with E-state index in [1.165, 1.54) is 0 Å². The van der Waals surface area contributed by atoms with Crippen molar-refractivity contribution in [2.45, 2.75) is 20.3 Å². The second-order valence-corrected chi connectivity index (χ2v) is 5.39. The smallest absolute Gasteiger partial charge is 0.244 e. The van der Waals surface area contributed by atoms with Crippen molar-refractivity contribution in [2.75, 3.05) is 0 Å². The van der Waals surface area contributed by atoms with Gasteiger partial charge in [0.25, 0.3) is 0 Å². The predicted octanol–water partition coefficient (Wildman–Crippen LogP) is 3.65. The molecule has 0 saturated carbocycles. The highest BCUT2D eigenvalue weighted by atomic mass is 35.5. The summed E-state index contributed by atoms with van der Waals surface area (Å²) in [5, 5.41) is 4.59. The fourth-order valence-electron chi connectivity index (χ4n) is 1.97. The Morgan fingerprint density at radius 1 is 1.24 bits per heavy atom. The molecule has 2 rings (SSSR count).